The van der Waals surface area contributed by atoms with E-state index in [1.54, 1.807) is 12.1 Å². The van der Waals surface area contributed by atoms with Crippen LogP contribution in [0, 0.1) is 11.6 Å². The molecule has 1 aliphatic rings. The molecule has 0 unspecified atom stereocenters. The third kappa shape index (κ3) is 5.87. The first-order valence-corrected chi connectivity index (χ1v) is 11.0. The van der Waals surface area contributed by atoms with Crippen LogP contribution in [-0.4, -0.2) is 35.4 Å². The number of aliphatic carboxylic acids is 1. The molecular weight excluding hydrogens is 484 g/mol. The molecule has 35 heavy (non-hydrogen) atoms. The van der Waals surface area contributed by atoms with Crippen LogP contribution in [0.5, 0.6) is 5.75 Å². The van der Waals surface area contributed by atoms with Gasteiger partial charge in [0.15, 0.2) is 6.61 Å². The topological polar surface area (TPSA) is 85.3 Å². The molecule has 182 valence electrons. The highest BCUT2D eigenvalue weighted by Gasteiger charge is 2.35. The maximum atomic E-state index is 14.6. The maximum absolute atomic E-state index is 14.6. The van der Waals surface area contributed by atoms with Gasteiger partial charge in [0.25, 0.3) is 0 Å². The van der Waals surface area contributed by atoms with Gasteiger partial charge in [-0.15, -0.1) is 5.06 Å². The van der Waals surface area contributed by atoms with Crippen LogP contribution in [0.1, 0.15) is 28.3 Å². The fraction of sp³-hybridized carbons (Fsp3) is 0.200. The lowest BCUT2D eigenvalue weighted by atomic mass is 9.88. The molecule has 1 N–H and O–H groups in total. The van der Waals surface area contributed by atoms with Crippen LogP contribution in [0.3, 0.4) is 0 Å². The molecule has 7 nitrogen and oxygen atoms in total. The summed E-state index contributed by atoms with van der Waals surface area (Å²) in [7, 11) is 0. The Hall–Kier alpha value is -3.69. The van der Waals surface area contributed by atoms with Crippen molar-refractivity contribution in [3.05, 3.63) is 99.6 Å². The van der Waals surface area contributed by atoms with E-state index in [1.165, 1.54) is 53.6 Å². The predicted molar refractivity (Wildman–Crippen MR) is 121 cm³/mol. The number of carbonyl (C=O) groups excluding carboxylic acids is 1. The Morgan fingerprint density at radius 2 is 1.86 bits per heavy atom. The summed E-state index contributed by atoms with van der Waals surface area (Å²) in [6.07, 6.45) is -0.809. The zero-order chi connectivity index (χ0) is 24.9. The molecule has 0 bridgehead atoms. The van der Waals surface area contributed by atoms with E-state index in [9.17, 15) is 18.4 Å². The van der Waals surface area contributed by atoms with Crippen LogP contribution < -0.4 is 4.74 Å². The van der Waals surface area contributed by atoms with E-state index in [0.717, 1.165) is 0 Å². The number of carbonyl (C=O) groups is 2. The molecule has 1 aliphatic heterocycles. The number of hydroxylamine groups is 2. The highest BCUT2D eigenvalue weighted by molar-refractivity contribution is 6.30. The Labute approximate surface area is 204 Å². The molecule has 3 aromatic rings. The first-order chi connectivity index (χ1) is 16.8. The monoisotopic (exact) mass is 503 g/mol. The number of carboxylic acids is 1. The first-order valence-electron chi connectivity index (χ1n) is 10.6. The van der Waals surface area contributed by atoms with Crippen LogP contribution in [0.2, 0.25) is 5.02 Å². The number of fused-ring (bicyclic) bond motifs is 1. The number of hydrogen-bond acceptors (Lipinski definition) is 6. The summed E-state index contributed by atoms with van der Waals surface area (Å²) in [5, 5.41) is 10.7. The average molecular weight is 504 g/mol. The Morgan fingerprint density at radius 3 is 2.63 bits per heavy atom. The zero-order valence-electron chi connectivity index (χ0n) is 18.2. The van der Waals surface area contributed by atoms with Gasteiger partial charge in [0.2, 0.25) is 0 Å². The second-order valence-electron chi connectivity index (χ2n) is 7.73. The summed E-state index contributed by atoms with van der Waals surface area (Å²) in [6, 6.07) is 13.8. The number of ether oxygens (including phenoxy) is 2. The van der Waals surface area contributed by atoms with Gasteiger partial charge in [-0.3, -0.25) is 0 Å². The quantitative estimate of drug-likeness (QED) is 0.438. The second kappa shape index (κ2) is 10.7. The minimum Gasteiger partial charge on any atom is -0.482 e. The largest absolute Gasteiger partial charge is 0.528 e. The number of benzene rings is 3. The van der Waals surface area contributed by atoms with E-state index in [0.29, 0.717) is 27.3 Å². The molecule has 0 fully saturated rings. The van der Waals surface area contributed by atoms with Gasteiger partial charge in [0, 0.05) is 17.1 Å². The normalized spacial score (nSPS) is 15.2. The highest BCUT2D eigenvalue weighted by Crippen LogP contribution is 2.41. The minimum absolute atomic E-state index is 0.110. The van der Waals surface area contributed by atoms with Crippen molar-refractivity contribution >= 4 is 23.7 Å². The lowest BCUT2D eigenvalue weighted by Crippen LogP contribution is -2.38. The first kappa shape index (κ1) is 24.4. The van der Waals surface area contributed by atoms with Crippen molar-refractivity contribution in [3.63, 3.8) is 0 Å². The second-order valence-corrected chi connectivity index (χ2v) is 8.16. The number of rotatable bonds is 7. The standard InChI is InChI=1S/C25H20ClF2NO6/c26-16-7-8-22(33-14-23(30)31)20(12-16)24-19-5-2-6-21(28)18(19)9-10-29(24)35-25(32)34-13-15-3-1-4-17(27)11-15/h1-8,11-12,24H,9-10,13-14H2,(H,30,31)/t24-/m0/s1. The molecule has 1 atom stereocenters. The number of nitrogens with zero attached hydrogens (tertiary/aromatic N) is 1. The summed E-state index contributed by atoms with van der Waals surface area (Å²) < 4.78 is 38.6. The molecule has 0 spiro atoms. The fourth-order valence-electron chi connectivity index (χ4n) is 3.92. The summed E-state index contributed by atoms with van der Waals surface area (Å²) >= 11 is 6.21. The van der Waals surface area contributed by atoms with E-state index in [2.05, 4.69) is 0 Å². The van der Waals surface area contributed by atoms with Gasteiger partial charge in [0.1, 0.15) is 30.0 Å². The molecule has 0 aliphatic carbocycles. The van der Waals surface area contributed by atoms with Crippen molar-refractivity contribution in [3.8, 4) is 5.75 Å². The molecule has 3 aromatic carbocycles. The SMILES string of the molecule is O=C(O)COc1ccc(Cl)cc1[C@@H]1c2cccc(F)c2CCN1OC(=O)OCc1cccc(F)c1. The van der Waals surface area contributed by atoms with Crippen molar-refractivity contribution in [1.29, 1.82) is 0 Å². The van der Waals surface area contributed by atoms with Gasteiger partial charge >= 0.3 is 12.1 Å². The summed E-state index contributed by atoms with van der Waals surface area (Å²) in [5.74, 6) is -1.89. The maximum Gasteiger partial charge on any atom is 0.528 e. The Morgan fingerprint density at radius 1 is 1.06 bits per heavy atom. The van der Waals surface area contributed by atoms with Gasteiger partial charge in [0.05, 0.1) is 0 Å². The molecule has 4 rings (SSSR count). The Kier molecular flexibility index (Phi) is 7.48. The van der Waals surface area contributed by atoms with E-state index >= 15 is 0 Å². The number of halogens is 3. The Balaban J connectivity index is 1.64. The van der Waals surface area contributed by atoms with E-state index in [1.807, 2.05) is 0 Å². The van der Waals surface area contributed by atoms with Gasteiger partial charge in [-0.2, -0.15) is 0 Å². The summed E-state index contributed by atoms with van der Waals surface area (Å²) in [6.45, 7) is -0.725. The smallest absolute Gasteiger partial charge is 0.482 e. The number of hydrogen-bond donors (Lipinski definition) is 1. The minimum atomic E-state index is -1.19. The molecule has 10 heteroatoms. The zero-order valence-corrected chi connectivity index (χ0v) is 19.0. The third-order valence-electron chi connectivity index (χ3n) is 5.37. The van der Waals surface area contributed by atoms with Gasteiger partial charge in [-0.05, 0) is 59.5 Å². The molecule has 1 heterocycles. The van der Waals surface area contributed by atoms with Gasteiger partial charge in [-0.1, -0.05) is 35.9 Å². The van der Waals surface area contributed by atoms with Crippen molar-refractivity contribution in [2.45, 2.75) is 19.1 Å². The molecule has 0 radical (unpaired) electrons. The molecule has 0 aromatic heterocycles. The summed E-state index contributed by atoms with van der Waals surface area (Å²) in [4.78, 5) is 29.0. The van der Waals surface area contributed by atoms with Gasteiger partial charge < -0.3 is 19.4 Å². The van der Waals surface area contributed by atoms with Crippen LogP contribution in [0.15, 0.2) is 60.7 Å². The van der Waals surface area contributed by atoms with Crippen LogP contribution >= 0.6 is 11.6 Å². The van der Waals surface area contributed by atoms with Crippen molar-refractivity contribution in [2.75, 3.05) is 13.2 Å². The van der Waals surface area contributed by atoms with E-state index < -0.39 is 36.4 Å². The van der Waals surface area contributed by atoms with Gasteiger partial charge in [-0.25, -0.2) is 18.4 Å². The van der Waals surface area contributed by atoms with Crippen LogP contribution in [0.25, 0.3) is 0 Å². The fourth-order valence-corrected chi connectivity index (χ4v) is 4.10. The average Bonchev–Trinajstić information content (AvgIpc) is 2.82. The molecular formula is C25H20ClF2NO6. The third-order valence-corrected chi connectivity index (χ3v) is 5.61. The van der Waals surface area contributed by atoms with Crippen LogP contribution in [-0.2, 0) is 27.4 Å². The predicted octanol–water partition coefficient (Wildman–Crippen LogP) is 5.30. The summed E-state index contributed by atoms with van der Waals surface area (Å²) in [5.41, 5.74) is 1.73. The number of carboxylic acid groups (broad SMARTS) is 1. The van der Waals surface area contributed by atoms with Crippen molar-refractivity contribution in [2.24, 2.45) is 0 Å². The van der Waals surface area contributed by atoms with Crippen LogP contribution in [0.4, 0.5) is 13.6 Å². The van der Waals surface area contributed by atoms with Crippen molar-refractivity contribution in [1.82, 2.24) is 5.06 Å². The molecule has 0 saturated heterocycles. The lowest BCUT2D eigenvalue weighted by Gasteiger charge is -2.36. The Bertz CT molecular complexity index is 1250. The highest BCUT2D eigenvalue weighted by atomic mass is 35.5. The van der Waals surface area contributed by atoms with E-state index in [-0.39, 0.29) is 25.3 Å². The lowest BCUT2D eigenvalue weighted by molar-refractivity contribution is -0.152. The van der Waals surface area contributed by atoms with E-state index in [4.69, 9.17) is 31.0 Å². The van der Waals surface area contributed by atoms with Crippen molar-refractivity contribution < 1.29 is 37.8 Å². The molecule has 0 amide bonds. The molecule has 0 saturated carbocycles.